The minimum absolute atomic E-state index is 0.125. The number of carbonyl (C=O) groups is 2. The Balaban J connectivity index is 2.18. The number of amides is 2. The Bertz CT molecular complexity index is 727. The highest BCUT2D eigenvalue weighted by Crippen LogP contribution is 2.29. The monoisotopic (exact) mass is 350 g/mol. The second kappa shape index (κ2) is 7.49. The van der Waals surface area contributed by atoms with E-state index in [-0.39, 0.29) is 18.4 Å². The van der Waals surface area contributed by atoms with Crippen molar-refractivity contribution in [3.63, 3.8) is 0 Å². The summed E-state index contributed by atoms with van der Waals surface area (Å²) in [6.07, 6.45) is 0. The van der Waals surface area contributed by atoms with E-state index >= 15 is 0 Å². The van der Waals surface area contributed by atoms with E-state index in [9.17, 15) is 9.59 Å². The molecule has 0 aliphatic carbocycles. The number of nitrogens with one attached hydrogen (secondary N) is 1. The lowest BCUT2D eigenvalue weighted by molar-refractivity contribution is -0.120. The minimum Gasteiger partial charge on any atom is -0.322 e. The molecule has 120 valence electrons. The Morgan fingerprint density at radius 3 is 2.26 bits per heavy atom. The average molecular weight is 351 g/mol. The van der Waals surface area contributed by atoms with E-state index in [4.69, 9.17) is 23.2 Å². The number of hydrogen-bond donors (Lipinski definition) is 1. The molecule has 0 aliphatic heterocycles. The highest BCUT2D eigenvalue weighted by Gasteiger charge is 2.17. The summed E-state index contributed by atoms with van der Waals surface area (Å²) in [6, 6.07) is 12.3. The lowest BCUT2D eigenvalue weighted by Gasteiger charge is -2.21. The minimum atomic E-state index is -0.378. The highest BCUT2D eigenvalue weighted by atomic mass is 35.5. The molecule has 0 saturated carbocycles. The van der Waals surface area contributed by atoms with Crippen LogP contribution < -0.4 is 10.2 Å². The Kier molecular flexibility index (Phi) is 5.64. The molecule has 6 heteroatoms. The number of carbonyl (C=O) groups excluding carboxylic acids is 2. The zero-order chi connectivity index (χ0) is 17.0. The molecule has 2 aromatic rings. The number of nitrogens with zero attached hydrogens (tertiary/aromatic N) is 1. The van der Waals surface area contributed by atoms with Crippen molar-refractivity contribution < 1.29 is 9.59 Å². The van der Waals surface area contributed by atoms with Crippen LogP contribution in [0, 0.1) is 6.92 Å². The Morgan fingerprint density at radius 2 is 1.70 bits per heavy atom. The van der Waals surface area contributed by atoms with E-state index in [0.717, 1.165) is 5.56 Å². The first kappa shape index (κ1) is 17.3. The first-order chi connectivity index (χ1) is 10.9. The van der Waals surface area contributed by atoms with Crippen molar-refractivity contribution in [1.29, 1.82) is 0 Å². The molecule has 0 aromatic heterocycles. The number of hydrogen-bond acceptors (Lipinski definition) is 2. The van der Waals surface area contributed by atoms with Gasteiger partial charge >= 0.3 is 0 Å². The lowest BCUT2D eigenvalue weighted by atomic mass is 10.2. The number of rotatable bonds is 4. The normalized spacial score (nSPS) is 10.3. The molecule has 2 aromatic carbocycles. The van der Waals surface area contributed by atoms with Crippen LogP contribution in [-0.4, -0.2) is 18.4 Å². The van der Waals surface area contributed by atoms with E-state index in [1.807, 2.05) is 25.1 Å². The Labute approximate surface area is 145 Å². The van der Waals surface area contributed by atoms with E-state index in [2.05, 4.69) is 5.32 Å². The van der Waals surface area contributed by atoms with Crippen molar-refractivity contribution in [3.8, 4) is 0 Å². The molecule has 23 heavy (non-hydrogen) atoms. The van der Waals surface area contributed by atoms with Gasteiger partial charge in [-0.25, -0.2) is 0 Å². The zero-order valence-corrected chi connectivity index (χ0v) is 14.3. The number of anilines is 2. The van der Waals surface area contributed by atoms with E-state index in [1.165, 1.54) is 11.8 Å². The van der Waals surface area contributed by atoms with Gasteiger partial charge in [0.05, 0.1) is 15.7 Å². The summed E-state index contributed by atoms with van der Waals surface area (Å²) in [7, 11) is 0. The predicted octanol–water partition coefficient (Wildman–Crippen LogP) is 4.29. The van der Waals surface area contributed by atoms with Crippen molar-refractivity contribution >= 4 is 46.4 Å². The number of aryl methyl sites for hydroxylation is 1. The van der Waals surface area contributed by atoms with Gasteiger partial charge in [0.2, 0.25) is 11.8 Å². The quantitative estimate of drug-likeness (QED) is 0.893. The van der Waals surface area contributed by atoms with Gasteiger partial charge in [-0.05, 0) is 36.8 Å². The first-order valence-corrected chi connectivity index (χ1v) is 7.72. The van der Waals surface area contributed by atoms with Gasteiger partial charge in [-0.2, -0.15) is 0 Å². The van der Waals surface area contributed by atoms with Crippen LogP contribution in [0.5, 0.6) is 0 Å². The maximum absolute atomic E-state index is 12.3. The Morgan fingerprint density at radius 1 is 1.09 bits per heavy atom. The molecule has 0 unspecified atom stereocenters. The summed E-state index contributed by atoms with van der Waals surface area (Å²) in [5.41, 5.74) is 2.01. The Hall–Kier alpha value is -2.04. The first-order valence-electron chi connectivity index (χ1n) is 6.97. The maximum atomic E-state index is 12.3. The summed E-state index contributed by atoms with van der Waals surface area (Å²) in [4.78, 5) is 25.5. The fraction of sp³-hybridized carbons (Fsp3) is 0.176. The van der Waals surface area contributed by atoms with Crippen LogP contribution in [0.2, 0.25) is 10.0 Å². The van der Waals surface area contributed by atoms with Gasteiger partial charge in [-0.15, -0.1) is 0 Å². The molecular formula is C17H16Cl2N2O2. The topological polar surface area (TPSA) is 49.4 Å². The summed E-state index contributed by atoms with van der Waals surface area (Å²) >= 11 is 12.1. The van der Waals surface area contributed by atoms with E-state index in [1.54, 1.807) is 24.3 Å². The summed E-state index contributed by atoms with van der Waals surface area (Å²) in [5.74, 6) is -0.604. The summed E-state index contributed by atoms with van der Waals surface area (Å²) < 4.78 is 0. The standard InChI is InChI=1S/C17H16Cl2N2O2/c1-11-5-3-6-13(9-11)21(12(2)22)10-16(23)20-17-14(18)7-4-8-15(17)19/h3-9H,10H2,1-2H3,(H,20,23). The fourth-order valence-corrected chi connectivity index (χ4v) is 2.61. The summed E-state index contributed by atoms with van der Waals surface area (Å²) in [6.45, 7) is 3.21. The van der Waals surface area contributed by atoms with Gasteiger partial charge in [0, 0.05) is 12.6 Å². The van der Waals surface area contributed by atoms with Gasteiger partial charge < -0.3 is 10.2 Å². The predicted molar refractivity (Wildman–Crippen MR) is 94.3 cm³/mol. The van der Waals surface area contributed by atoms with Gasteiger partial charge in [0.25, 0.3) is 0 Å². The molecule has 4 nitrogen and oxygen atoms in total. The van der Waals surface area contributed by atoms with Crippen molar-refractivity contribution in [1.82, 2.24) is 0 Å². The van der Waals surface area contributed by atoms with E-state index in [0.29, 0.717) is 21.4 Å². The van der Waals surface area contributed by atoms with Crippen LogP contribution in [0.4, 0.5) is 11.4 Å². The van der Waals surface area contributed by atoms with Crippen molar-refractivity contribution in [2.75, 3.05) is 16.8 Å². The second-order valence-electron chi connectivity index (χ2n) is 5.09. The molecule has 0 atom stereocenters. The highest BCUT2D eigenvalue weighted by molar-refractivity contribution is 6.39. The SMILES string of the molecule is CC(=O)N(CC(=O)Nc1c(Cl)cccc1Cl)c1cccc(C)c1. The molecule has 2 rings (SSSR count). The number of para-hydroxylation sites is 1. The third-order valence-electron chi connectivity index (χ3n) is 3.22. The smallest absolute Gasteiger partial charge is 0.244 e. The van der Waals surface area contributed by atoms with Gasteiger partial charge in [-0.3, -0.25) is 9.59 Å². The molecule has 2 amide bonds. The third-order valence-corrected chi connectivity index (χ3v) is 3.85. The third kappa shape index (κ3) is 4.47. The number of halogens is 2. The zero-order valence-electron chi connectivity index (χ0n) is 12.8. The van der Waals surface area contributed by atoms with Crippen LogP contribution in [0.25, 0.3) is 0 Å². The molecule has 0 fully saturated rings. The lowest BCUT2D eigenvalue weighted by Crippen LogP contribution is -2.36. The molecule has 0 heterocycles. The van der Waals surface area contributed by atoms with Crippen LogP contribution >= 0.6 is 23.2 Å². The van der Waals surface area contributed by atoms with Crippen LogP contribution in [0.3, 0.4) is 0 Å². The molecular weight excluding hydrogens is 335 g/mol. The largest absolute Gasteiger partial charge is 0.322 e. The van der Waals surface area contributed by atoms with Crippen molar-refractivity contribution in [3.05, 3.63) is 58.1 Å². The van der Waals surface area contributed by atoms with Crippen molar-refractivity contribution in [2.45, 2.75) is 13.8 Å². The molecule has 0 bridgehead atoms. The van der Waals surface area contributed by atoms with Crippen LogP contribution in [0.1, 0.15) is 12.5 Å². The molecule has 0 spiro atoms. The molecule has 0 radical (unpaired) electrons. The molecule has 0 aliphatic rings. The van der Waals surface area contributed by atoms with Gasteiger partial charge in [-0.1, -0.05) is 41.4 Å². The van der Waals surface area contributed by atoms with Crippen LogP contribution in [-0.2, 0) is 9.59 Å². The average Bonchev–Trinajstić information content (AvgIpc) is 2.48. The molecule has 0 saturated heterocycles. The maximum Gasteiger partial charge on any atom is 0.244 e. The number of benzene rings is 2. The van der Waals surface area contributed by atoms with Gasteiger partial charge in [0.1, 0.15) is 6.54 Å². The van der Waals surface area contributed by atoms with E-state index < -0.39 is 0 Å². The molecule has 1 N–H and O–H groups in total. The summed E-state index contributed by atoms with van der Waals surface area (Å²) in [5, 5.41) is 3.34. The fourth-order valence-electron chi connectivity index (χ4n) is 2.12. The van der Waals surface area contributed by atoms with Gasteiger partial charge in [0.15, 0.2) is 0 Å². The second-order valence-corrected chi connectivity index (χ2v) is 5.90. The van der Waals surface area contributed by atoms with Crippen molar-refractivity contribution in [2.24, 2.45) is 0 Å². The van der Waals surface area contributed by atoms with Crippen LogP contribution in [0.15, 0.2) is 42.5 Å².